The molecule has 0 aromatic carbocycles. The van der Waals surface area contributed by atoms with Crippen LogP contribution in [-0.2, 0) is 4.79 Å². The van der Waals surface area contributed by atoms with Crippen LogP contribution in [0.4, 0.5) is 0 Å². The number of aliphatic hydroxyl groups is 1. The molecule has 0 saturated heterocycles. The van der Waals surface area contributed by atoms with Gasteiger partial charge in [0.1, 0.15) is 5.41 Å². The third-order valence-electron chi connectivity index (χ3n) is 2.86. The third kappa shape index (κ3) is 2.48. The van der Waals surface area contributed by atoms with Crippen LogP contribution in [0.2, 0.25) is 0 Å². The second-order valence-electron chi connectivity index (χ2n) is 4.33. The summed E-state index contributed by atoms with van der Waals surface area (Å²) in [6.45, 7) is 3.85. The topological polar surface area (TPSA) is 57.5 Å². The Bertz CT molecular complexity index is 300. The molecule has 0 heterocycles. The van der Waals surface area contributed by atoms with Crippen LogP contribution in [0.5, 0.6) is 0 Å². The van der Waals surface area contributed by atoms with Crippen molar-refractivity contribution in [3.05, 3.63) is 23.8 Å². The summed E-state index contributed by atoms with van der Waals surface area (Å²) in [6, 6.07) is 0. The van der Waals surface area contributed by atoms with Crippen molar-refractivity contribution in [1.29, 1.82) is 0 Å². The van der Waals surface area contributed by atoms with E-state index in [9.17, 15) is 15.0 Å². The molecule has 0 spiro atoms. The first-order valence-corrected chi connectivity index (χ1v) is 5.21. The average Bonchev–Trinajstić information content (AvgIpc) is 2.16. The minimum atomic E-state index is -1.12. The van der Waals surface area contributed by atoms with E-state index in [-0.39, 0.29) is 0 Å². The summed E-state index contributed by atoms with van der Waals surface area (Å²) >= 11 is 0. The molecule has 3 nitrogen and oxygen atoms in total. The van der Waals surface area contributed by atoms with E-state index in [4.69, 9.17) is 0 Å². The number of carboxylic acid groups (broad SMARTS) is 1. The van der Waals surface area contributed by atoms with Crippen molar-refractivity contribution < 1.29 is 15.0 Å². The monoisotopic (exact) mass is 210 g/mol. The summed E-state index contributed by atoms with van der Waals surface area (Å²) in [5.41, 5.74) is -0.0444. The van der Waals surface area contributed by atoms with Crippen molar-refractivity contribution in [2.75, 3.05) is 0 Å². The molecule has 1 rings (SSSR count). The standard InChI is InChI=1S/C12H18O3/c1-9(2)6-8-12(11(14)15)7-4-3-5-10(12)13/h4,6-7,10,13H,3,5,8H2,1-2H3,(H,14,15)/t10-,12-/m0/s1. The molecule has 0 amide bonds. The SMILES string of the molecule is CC(C)=CC[C@@]1(C(=O)O)C=CCC[C@@H]1O. The zero-order valence-electron chi connectivity index (χ0n) is 9.23. The van der Waals surface area contributed by atoms with Crippen molar-refractivity contribution in [3.8, 4) is 0 Å². The van der Waals surface area contributed by atoms with Crippen molar-refractivity contribution in [3.63, 3.8) is 0 Å². The lowest BCUT2D eigenvalue weighted by Gasteiger charge is -2.33. The quantitative estimate of drug-likeness (QED) is 0.701. The van der Waals surface area contributed by atoms with Crippen LogP contribution in [0.25, 0.3) is 0 Å². The van der Waals surface area contributed by atoms with Gasteiger partial charge in [-0.3, -0.25) is 4.79 Å². The highest BCUT2D eigenvalue weighted by molar-refractivity contribution is 5.78. The molecule has 1 aliphatic carbocycles. The Balaban J connectivity index is 2.96. The lowest BCUT2D eigenvalue weighted by atomic mass is 9.73. The van der Waals surface area contributed by atoms with Crippen molar-refractivity contribution in [2.24, 2.45) is 5.41 Å². The molecule has 0 unspecified atom stereocenters. The van der Waals surface area contributed by atoms with Gasteiger partial charge in [-0.05, 0) is 33.1 Å². The molecular weight excluding hydrogens is 192 g/mol. The third-order valence-corrected chi connectivity index (χ3v) is 2.86. The number of allylic oxidation sites excluding steroid dienone is 3. The fourth-order valence-electron chi connectivity index (χ4n) is 1.79. The van der Waals surface area contributed by atoms with Gasteiger partial charge in [0, 0.05) is 0 Å². The van der Waals surface area contributed by atoms with Crippen LogP contribution in [0.1, 0.15) is 33.1 Å². The lowest BCUT2D eigenvalue weighted by molar-refractivity contribution is -0.152. The summed E-state index contributed by atoms with van der Waals surface area (Å²) in [4.78, 5) is 11.3. The molecule has 0 aromatic rings. The predicted octanol–water partition coefficient (Wildman–Crippen LogP) is 2.12. The predicted molar refractivity (Wildman–Crippen MR) is 58.5 cm³/mol. The number of hydrogen-bond acceptors (Lipinski definition) is 2. The van der Waals surface area contributed by atoms with Crippen molar-refractivity contribution in [1.82, 2.24) is 0 Å². The molecule has 1 aliphatic rings. The van der Waals surface area contributed by atoms with Gasteiger partial charge in [-0.2, -0.15) is 0 Å². The molecule has 0 aromatic heterocycles. The number of carboxylic acids is 1. The number of aliphatic carboxylic acids is 1. The zero-order chi connectivity index (χ0) is 11.5. The molecule has 2 N–H and O–H groups in total. The molecule has 84 valence electrons. The molecule has 0 aliphatic heterocycles. The number of aliphatic hydroxyl groups excluding tert-OH is 1. The van der Waals surface area contributed by atoms with E-state index in [1.807, 2.05) is 26.0 Å². The van der Waals surface area contributed by atoms with Crippen molar-refractivity contribution >= 4 is 5.97 Å². The van der Waals surface area contributed by atoms with E-state index < -0.39 is 17.5 Å². The second-order valence-corrected chi connectivity index (χ2v) is 4.33. The van der Waals surface area contributed by atoms with Crippen LogP contribution < -0.4 is 0 Å². The Kier molecular flexibility index (Phi) is 3.69. The maximum atomic E-state index is 11.3. The molecule has 0 radical (unpaired) electrons. The first-order chi connectivity index (χ1) is 6.99. The van der Waals surface area contributed by atoms with Gasteiger partial charge in [0.05, 0.1) is 6.10 Å². The van der Waals surface area contributed by atoms with Gasteiger partial charge < -0.3 is 10.2 Å². The largest absolute Gasteiger partial charge is 0.481 e. The highest BCUT2D eigenvalue weighted by Gasteiger charge is 2.43. The van der Waals surface area contributed by atoms with E-state index in [1.54, 1.807) is 6.08 Å². The average molecular weight is 210 g/mol. The van der Waals surface area contributed by atoms with E-state index in [0.717, 1.165) is 12.0 Å². The second kappa shape index (κ2) is 4.62. The molecule has 15 heavy (non-hydrogen) atoms. The van der Waals surface area contributed by atoms with E-state index >= 15 is 0 Å². The molecular formula is C12H18O3. The Hall–Kier alpha value is -1.09. The molecule has 0 bridgehead atoms. The fourth-order valence-corrected chi connectivity index (χ4v) is 1.79. The van der Waals surface area contributed by atoms with Gasteiger partial charge in [0.25, 0.3) is 0 Å². The van der Waals surface area contributed by atoms with Crippen LogP contribution in [-0.4, -0.2) is 22.3 Å². The van der Waals surface area contributed by atoms with Crippen LogP contribution >= 0.6 is 0 Å². The minimum absolute atomic E-state index is 0.363. The molecule has 2 atom stereocenters. The van der Waals surface area contributed by atoms with E-state index in [1.165, 1.54) is 0 Å². The van der Waals surface area contributed by atoms with Crippen LogP contribution in [0.15, 0.2) is 23.8 Å². The van der Waals surface area contributed by atoms with Crippen LogP contribution in [0, 0.1) is 5.41 Å². The highest BCUT2D eigenvalue weighted by atomic mass is 16.4. The van der Waals surface area contributed by atoms with Gasteiger partial charge in [-0.25, -0.2) is 0 Å². The molecule has 0 fully saturated rings. The number of carbonyl (C=O) groups is 1. The summed E-state index contributed by atoms with van der Waals surface area (Å²) in [5.74, 6) is -0.941. The van der Waals surface area contributed by atoms with Crippen LogP contribution in [0.3, 0.4) is 0 Å². The number of hydrogen-bond donors (Lipinski definition) is 2. The van der Waals surface area contributed by atoms with Gasteiger partial charge in [-0.15, -0.1) is 0 Å². The Labute approximate surface area is 90.1 Å². The summed E-state index contributed by atoms with van der Waals surface area (Å²) in [6.07, 6.45) is 6.22. The van der Waals surface area contributed by atoms with Crippen molar-refractivity contribution in [2.45, 2.75) is 39.2 Å². The summed E-state index contributed by atoms with van der Waals surface area (Å²) in [7, 11) is 0. The maximum Gasteiger partial charge on any atom is 0.316 e. The minimum Gasteiger partial charge on any atom is -0.481 e. The Morgan fingerprint density at radius 3 is 2.73 bits per heavy atom. The fraction of sp³-hybridized carbons (Fsp3) is 0.583. The molecule has 3 heteroatoms. The van der Waals surface area contributed by atoms with Gasteiger partial charge in [-0.1, -0.05) is 23.8 Å². The van der Waals surface area contributed by atoms with Gasteiger partial charge in [0.2, 0.25) is 0 Å². The summed E-state index contributed by atoms with van der Waals surface area (Å²) < 4.78 is 0. The first-order valence-electron chi connectivity index (χ1n) is 5.21. The smallest absolute Gasteiger partial charge is 0.316 e. The molecule has 0 saturated carbocycles. The lowest BCUT2D eigenvalue weighted by Crippen LogP contribution is -2.42. The number of rotatable bonds is 3. The van der Waals surface area contributed by atoms with E-state index in [0.29, 0.717) is 12.8 Å². The highest BCUT2D eigenvalue weighted by Crippen LogP contribution is 2.36. The Morgan fingerprint density at radius 2 is 2.27 bits per heavy atom. The zero-order valence-corrected chi connectivity index (χ0v) is 9.23. The van der Waals surface area contributed by atoms with E-state index in [2.05, 4.69) is 0 Å². The van der Waals surface area contributed by atoms with Gasteiger partial charge >= 0.3 is 5.97 Å². The van der Waals surface area contributed by atoms with Gasteiger partial charge in [0.15, 0.2) is 0 Å². The maximum absolute atomic E-state index is 11.3. The summed E-state index contributed by atoms with van der Waals surface area (Å²) in [5, 5.41) is 19.1. The normalized spacial score (nSPS) is 29.9. The first kappa shape index (κ1) is 12.0. The Morgan fingerprint density at radius 1 is 1.60 bits per heavy atom.